The summed E-state index contributed by atoms with van der Waals surface area (Å²) in [6, 6.07) is 11.8. The maximum absolute atomic E-state index is 12.5. The highest BCUT2D eigenvalue weighted by atomic mass is 32.1. The first-order valence-corrected chi connectivity index (χ1v) is 10.8. The fraction of sp³-hybridized carbons (Fsp3) is 0.381. The molecule has 2 aliphatic heterocycles. The fourth-order valence-corrected chi connectivity index (χ4v) is 4.99. The number of amides is 2. The van der Waals surface area contributed by atoms with Gasteiger partial charge in [-0.2, -0.15) is 4.37 Å². The minimum Gasteiger partial charge on any atom is -0.353 e. The van der Waals surface area contributed by atoms with Crippen molar-refractivity contribution in [1.82, 2.24) is 18.7 Å². The van der Waals surface area contributed by atoms with Crippen LogP contribution in [-0.4, -0.2) is 69.9 Å². The van der Waals surface area contributed by atoms with Gasteiger partial charge in [0.05, 0.1) is 11.1 Å². The van der Waals surface area contributed by atoms with E-state index in [4.69, 9.17) is 0 Å². The summed E-state index contributed by atoms with van der Waals surface area (Å²) in [5, 5.41) is 1.23. The lowest BCUT2D eigenvalue weighted by molar-refractivity contribution is -0.128. The summed E-state index contributed by atoms with van der Waals surface area (Å²) in [6.07, 6.45) is 2.84. The van der Waals surface area contributed by atoms with Crippen molar-refractivity contribution in [3.8, 4) is 0 Å². The second kappa shape index (κ2) is 7.61. The van der Waals surface area contributed by atoms with Gasteiger partial charge in [0.2, 0.25) is 5.91 Å². The van der Waals surface area contributed by atoms with Gasteiger partial charge in [0.15, 0.2) is 0 Å². The van der Waals surface area contributed by atoms with Crippen molar-refractivity contribution in [3.05, 3.63) is 48.3 Å². The molecule has 1 aromatic carbocycles. The Labute approximate surface area is 173 Å². The number of piperazine rings is 1. The zero-order valence-corrected chi connectivity index (χ0v) is 17.0. The van der Waals surface area contributed by atoms with Gasteiger partial charge in [-0.1, -0.05) is 12.1 Å². The molecule has 2 aromatic heterocycles. The normalized spacial score (nSPS) is 17.9. The topological polar surface area (TPSA) is 61.7 Å². The Morgan fingerprint density at radius 2 is 1.79 bits per heavy atom. The third kappa shape index (κ3) is 3.42. The highest BCUT2D eigenvalue weighted by molar-refractivity contribution is 7.13. The molecule has 29 heavy (non-hydrogen) atoms. The Hall–Kier alpha value is -2.71. The van der Waals surface area contributed by atoms with Crippen LogP contribution in [0.25, 0.3) is 10.1 Å². The second-order valence-electron chi connectivity index (χ2n) is 7.56. The third-order valence-electron chi connectivity index (χ3n) is 5.79. The molecule has 2 amide bonds. The molecule has 7 nitrogen and oxygen atoms in total. The Morgan fingerprint density at radius 1 is 0.966 bits per heavy atom. The largest absolute Gasteiger partial charge is 0.353 e. The number of anilines is 1. The molecule has 1 fully saturated rings. The van der Waals surface area contributed by atoms with E-state index in [1.54, 1.807) is 22.3 Å². The zero-order chi connectivity index (χ0) is 19.8. The van der Waals surface area contributed by atoms with Gasteiger partial charge in [-0.25, -0.2) is 4.79 Å². The molecule has 0 radical (unpaired) electrons. The Bertz CT molecular complexity index is 1050. The standard InChI is InChI=1S/C21H23N5O2S/c27-19-15-16-5-3-9-25(16)21(28)26(19)10-4-8-23-11-13-24(14-12-23)20-17-6-1-2-7-18(17)29-22-20/h1-3,5-7,9H,4,8,10-15H2. The summed E-state index contributed by atoms with van der Waals surface area (Å²) < 4.78 is 7.47. The van der Waals surface area contributed by atoms with Crippen molar-refractivity contribution in [3.63, 3.8) is 0 Å². The highest BCUT2D eigenvalue weighted by Crippen LogP contribution is 2.29. The SMILES string of the molecule is O=C1Cc2cccn2C(=O)N1CCCN1CCN(c2nsc3ccccc23)CC1. The molecule has 0 atom stereocenters. The number of hydrogen-bond acceptors (Lipinski definition) is 6. The molecule has 0 bridgehead atoms. The first-order chi connectivity index (χ1) is 14.2. The van der Waals surface area contributed by atoms with Crippen molar-refractivity contribution in [2.45, 2.75) is 12.8 Å². The van der Waals surface area contributed by atoms with Crippen LogP contribution in [0.15, 0.2) is 42.6 Å². The molecule has 0 N–H and O–H groups in total. The van der Waals surface area contributed by atoms with Crippen LogP contribution in [0.3, 0.4) is 0 Å². The first-order valence-electron chi connectivity index (χ1n) is 10.0. The van der Waals surface area contributed by atoms with Gasteiger partial charge < -0.3 is 4.90 Å². The summed E-state index contributed by atoms with van der Waals surface area (Å²) in [6.45, 7) is 5.20. The van der Waals surface area contributed by atoms with E-state index in [1.165, 1.54) is 15.0 Å². The van der Waals surface area contributed by atoms with E-state index in [2.05, 4.69) is 38.4 Å². The van der Waals surface area contributed by atoms with Crippen LogP contribution in [0.1, 0.15) is 12.1 Å². The smallest absolute Gasteiger partial charge is 0.335 e. The third-order valence-corrected chi connectivity index (χ3v) is 6.61. The van der Waals surface area contributed by atoms with E-state index >= 15 is 0 Å². The van der Waals surface area contributed by atoms with Gasteiger partial charge in [-0.15, -0.1) is 0 Å². The summed E-state index contributed by atoms with van der Waals surface area (Å²) >= 11 is 1.56. The number of imide groups is 1. The van der Waals surface area contributed by atoms with Gasteiger partial charge in [-0.05, 0) is 48.8 Å². The summed E-state index contributed by atoms with van der Waals surface area (Å²) in [5.41, 5.74) is 0.780. The average Bonchev–Trinajstić information content (AvgIpc) is 3.38. The van der Waals surface area contributed by atoms with Crippen molar-refractivity contribution in [2.24, 2.45) is 0 Å². The molecule has 0 unspecified atom stereocenters. The molecule has 8 heteroatoms. The molecule has 150 valence electrons. The monoisotopic (exact) mass is 409 g/mol. The Kier molecular flexibility index (Phi) is 4.81. The Balaban J connectivity index is 1.13. The molecule has 0 spiro atoms. The van der Waals surface area contributed by atoms with E-state index in [0.717, 1.165) is 50.7 Å². The lowest BCUT2D eigenvalue weighted by Gasteiger charge is -2.35. The molecule has 0 saturated carbocycles. The minimum atomic E-state index is -0.221. The predicted octanol–water partition coefficient (Wildman–Crippen LogP) is 2.66. The molecule has 5 rings (SSSR count). The number of rotatable bonds is 5. The zero-order valence-electron chi connectivity index (χ0n) is 16.2. The van der Waals surface area contributed by atoms with Crippen LogP contribution in [0.2, 0.25) is 0 Å². The first kappa shape index (κ1) is 18.3. The molecule has 1 saturated heterocycles. The van der Waals surface area contributed by atoms with Gasteiger partial charge >= 0.3 is 6.03 Å². The van der Waals surface area contributed by atoms with Crippen molar-refractivity contribution >= 4 is 39.4 Å². The van der Waals surface area contributed by atoms with E-state index in [1.807, 2.05) is 12.1 Å². The highest BCUT2D eigenvalue weighted by Gasteiger charge is 2.30. The number of aromatic nitrogens is 2. The average molecular weight is 410 g/mol. The predicted molar refractivity (Wildman–Crippen MR) is 114 cm³/mol. The number of carbonyl (C=O) groups excluding carboxylic acids is 2. The van der Waals surface area contributed by atoms with Crippen LogP contribution in [0.5, 0.6) is 0 Å². The van der Waals surface area contributed by atoms with E-state index < -0.39 is 0 Å². The van der Waals surface area contributed by atoms with Crippen molar-refractivity contribution in [1.29, 1.82) is 0 Å². The van der Waals surface area contributed by atoms with E-state index in [-0.39, 0.29) is 11.9 Å². The maximum Gasteiger partial charge on any atom is 0.335 e. The summed E-state index contributed by atoms with van der Waals surface area (Å²) in [7, 11) is 0. The van der Waals surface area contributed by atoms with Crippen LogP contribution in [0.4, 0.5) is 10.6 Å². The number of fused-ring (bicyclic) bond motifs is 2. The maximum atomic E-state index is 12.5. The number of carbonyl (C=O) groups is 2. The van der Waals surface area contributed by atoms with E-state index in [9.17, 15) is 9.59 Å². The molecule has 3 aromatic rings. The summed E-state index contributed by atoms with van der Waals surface area (Å²) in [5.74, 6) is 0.999. The van der Waals surface area contributed by atoms with Gasteiger partial charge in [0.25, 0.3) is 0 Å². The number of nitrogens with zero attached hydrogens (tertiary/aromatic N) is 5. The van der Waals surface area contributed by atoms with Crippen LogP contribution in [-0.2, 0) is 11.2 Å². The molecule has 4 heterocycles. The molecular formula is C21H23N5O2S. The lowest BCUT2D eigenvalue weighted by Crippen LogP contribution is -2.48. The quantitative estimate of drug-likeness (QED) is 0.648. The van der Waals surface area contributed by atoms with Gasteiger partial charge in [0.1, 0.15) is 5.82 Å². The van der Waals surface area contributed by atoms with Crippen LogP contribution < -0.4 is 4.90 Å². The van der Waals surface area contributed by atoms with Crippen LogP contribution in [0, 0.1) is 0 Å². The minimum absolute atomic E-state index is 0.0959. The van der Waals surface area contributed by atoms with Gasteiger partial charge in [0, 0.05) is 50.0 Å². The molecule has 2 aliphatic rings. The number of benzene rings is 1. The van der Waals surface area contributed by atoms with Crippen LogP contribution >= 0.6 is 11.5 Å². The van der Waals surface area contributed by atoms with Crippen molar-refractivity contribution < 1.29 is 9.59 Å². The second-order valence-corrected chi connectivity index (χ2v) is 8.36. The summed E-state index contributed by atoms with van der Waals surface area (Å²) in [4.78, 5) is 31.0. The molecular weight excluding hydrogens is 386 g/mol. The van der Waals surface area contributed by atoms with E-state index in [0.29, 0.717) is 13.0 Å². The molecule has 0 aliphatic carbocycles. The lowest BCUT2D eigenvalue weighted by atomic mass is 10.2. The number of hydrogen-bond donors (Lipinski definition) is 0. The van der Waals surface area contributed by atoms with Gasteiger partial charge in [-0.3, -0.25) is 19.2 Å². The Morgan fingerprint density at radius 3 is 2.66 bits per heavy atom. The van der Waals surface area contributed by atoms with Crippen molar-refractivity contribution in [2.75, 3.05) is 44.2 Å². The fourth-order valence-electron chi connectivity index (χ4n) is 4.19.